The molecule has 0 saturated carbocycles. The van der Waals surface area contributed by atoms with E-state index in [0.717, 1.165) is 17.7 Å². The van der Waals surface area contributed by atoms with Crippen LogP contribution in [0.25, 0.3) is 0 Å². The minimum atomic E-state index is -1.03. The Labute approximate surface area is 111 Å². The van der Waals surface area contributed by atoms with Gasteiger partial charge in [0.05, 0.1) is 17.9 Å². The van der Waals surface area contributed by atoms with Gasteiger partial charge in [-0.3, -0.25) is 4.98 Å². The molecule has 0 radical (unpaired) electrons. The zero-order valence-electron chi connectivity index (χ0n) is 11.0. The number of hydrogen-bond donors (Lipinski definition) is 1. The van der Waals surface area contributed by atoms with Crippen molar-refractivity contribution in [2.75, 3.05) is 0 Å². The Morgan fingerprint density at radius 2 is 2.26 bits per heavy atom. The van der Waals surface area contributed by atoms with Gasteiger partial charge in [0.15, 0.2) is 5.69 Å². The van der Waals surface area contributed by atoms with Crippen LogP contribution in [-0.4, -0.2) is 31.1 Å². The number of carbonyl (C=O) groups is 1. The smallest absolute Gasteiger partial charge is 0.358 e. The first-order valence-corrected chi connectivity index (χ1v) is 6.19. The van der Waals surface area contributed by atoms with Crippen molar-refractivity contribution in [3.8, 4) is 0 Å². The molecule has 0 aromatic carbocycles. The fourth-order valence-corrected chi connectivity index (χ4v) is 1.94. The molecule has 0 aliphatic heterocycles. The van der Waals surface area contributed by atoms with Gasteiger partial charge in [-0.1, -0.05) is 24.6 Å². The van der Waals surface area contributed by atoms with Crippen LogP contribution in [0.1, 0.15) is 40.8 Å². The molecule has 2 rings (SSSR count). The SMILES string of the molecule is CCCc1c(C(=O)O)nnn1Cc1ncccc1C. The molecular weight excluding hydrogens is 244 g/mol. The lowest BCUT2D eigenvalue weighted by Gasteiger charge is -2.07. The van der Waals surface area contributed by atoms with Crippen molar-refractivity contribution in [3.05, 3.63) is 41.0 Å². The van der Waals surface area contributed by atoms with Crippen molar-refractivity contribution in [3.63, 3.8) is 0 Å². The molecule has 2 aromatic rings. The molecule has 0 bridgehead atoms. The van der Waals surface area contributed by atoms with Crippen molar-refractivity contribution in [2.24, 2.45) is 0 Å². The van der Waals surface area contributed by atoms with Gasteiger partial charge in [0.1, 0.15) is 0 Å². The average molecular weight is 260 g/mol. The zero-order valence-corrected chi connectivity index (χ0v) is 11.0. The minimum absolute atomic E-state index is 0.0374. The van der Waals surface area contributed by atoms with Crippen LogP contribution < -0.4 is 0 Å². The lowest BCUT2D eigenvalue weighted by Crippen LogP contribution is -2.11. The molecule has 0 atom stereocenters. The summed E-state index contributed by atoms with van der Waals surface area (Å²) in [4.78, 5) is 15.4. The van der Waals surface area contributed by atoms with E-state index in [2.05, 4.69) is 15.3 Å². The minimum Gasteiger partial charge on any atom is -0.476 e. The maximum Gasteiger partial charge on any atom is 0.358 e. The monoisotopic (exact) mass is 260 g/mol. The van der Waals surface area contributed by atoms with E-state index in [-0.39, 0.29) is 5.69 Å². The van der Waals surface area contributed by atoms with Gasteiger partial charge in [-0.15, -0.1) is 5.10 Å². The summed E-state index contributed by atoms with van der Waals surface area (Å²) in [6.45, 7) is 4.41. The number of rotatable bonds is 5. The highest BCUT2D eigenvalue weighted by Crippen LogP contribution is 2.12. The zero-order chi connectivity index (χ0) is 13.8. The third-order valence-corrected chi connectivity index (χ3v) is 2.94. The standard InChI is InChI=1S/C13H16N4O2/c1-3-5-11-12(13(18)19)15-16-17(11)8-10-9(2)6-4-7-14-10/h4,6-7H,3,5,8H2,1-2H3,(H,18,19). The van der Waals surface area contributed by atoms with Gasteiger partial charge in [-0.05, 0) is 25.0 Å². The molecule has 6 nitrogen and oxygen atoms in total. The number of hydrogen-bond acceptors (Lipinski definition) is 4. The number of carboxylic acids is 1. The van der Waals surface area contributed by atoms with E-state index in [9.17, 15) is 4.79 Å². The number of nitrogens with zero attached hydrogens (tertiary/aromatic N) is 4. The van der Waals surface area contributed by atoms with Crippen LogP contribution in [0.3, 0.4) is 0 Å². The van der Waals surface area contributed by atoms with Crippen LogP contribution in [-0.2, 0) is 13.0 Å². The highest BCUT2D eigenvalue weighted by atomic mass is 16.4. The summed E-state index contributed by atoms with van der Waals surface area (Å²) < 4.78 is 1.63. The Morgan fingerprint density at radius 1 is 1.47 bits per heavy atom. The summed E-state index contributed by atoms with van der Waals surface area (Å²) in [5, 5.41) is 16.8. The molecule has 0 amide bonds. The van der Waals surface area contributed by atoms with Crippen LogP contribution in [0.2, 0.25) is 0 Å². The van der Waals surface area contributed by atoms with Gasteiger partial charge < -0.3 is 5.11 Å². The molecule has 0 fully saturated rings. The fourth-order valence-electron chi connectivity index (χ4n) is 1.94. The first-order chi connectivity index (χ1) is 9.13. The van der Waals surface area contributed by atoms with Crippen molar-refractivity contribution in [1.82, 2.24) is 20.0 Å². The number of aromatic nitrogens is 4. The molecule has 100 valence electrons. The van der Waals surface area contributed by atoms with Crippen LogP contribution in [0.15, 0.2) is 18.3 Å². The Morgan fingerprint density at radius 3 is 2.89 bits per heavy atom. The van der Waals surface area contributed by atoms with E-state index in [1.807, 2.05) is 26.0 Å². The molecular formula is C13H16N4O2. The third kappa shape index (κ3) is 2.78. The lowest BCUT2D eigenvalue weighted by atomic mass is 10.2. The molecule has 0 unspecified atom stereocenters. The van der Waals surface area contributed by atoms with Crippen molar-refractivity contribution < 1.29 is 9.90 Å². The summed E-state index contributed by atoms with van der Waals surface area (Å²) in [5.74, 6) is -1.03. The Kier molecular flexibility index (Phi) is 3.89. The molecule has 1 N–H and O–H groups in total. The molecule has 19 heavy (non-hydrogen) atoms. The number of pyridine rings is 1. The van der Waals surface area contributed by atoms with Gasteiger partial charge in [-0.25, -0.2) is 9.48 Å². The number of aromatic carboxylic acids is 1. The van der Waals surface area contributed by atoms with E-state index in [1.165, 1.54) is 0 Å². The fraction of sp³-hybridized carbons (Fsp3) is 0.385. The van der Waals surface area contributed by atoms with E-state index in [1.54, 1.807) is 10.9 Å². The predicted molar refractivity (Wildman–Crippen MR) is 69.1 cm³/mol. The van der Waals surface area contributed by atoms with Gasteiger partial charge in [-0.2, -0.15) is 0 Å². The van der Waals surface area contributed by atoms with Crippen molar-refractivity contribution in [2.45, 2.75) is 33.2 Å². The quantitative estimate of drug-likeness (QED) is 0.884. The van der Waals surface area contributed by atoms with Gasteiger partial charge in [0.25, 0.3) is 0 Å². The topological polar surface area (TPSA) is 80.9 Å². The molecule has 6 heteroatoms. The van der Waals surface area contributed by atoms with E-state index in [4.69, 9.17) is 5.11 Å². The molecule has 0 saturated heterocycles. The Bertz CT molecular complexity index is 592. The molecule has 0 spiro atoms. The molecule has 2 heterocycles. The second kappa shape index (κ2) is 5.60. The summed E-state index contributed by atoms with van der Waals surface area (Å²) in [5.41, 5.74) is 2.62. The van der Waals surface area contributed by atoms with Gasteiger partial charge >= 0.3 is 5.97 Å². The Balaban J connectivity index is 2.35. The van der Waals surface area contributed by atoms with E-state index in [0.29, 0.717) is 18.7 Å². The van der Waals surface area contributed by atoms with Crippen LogP contribution in [0.4, 0.5) is 0 Å². The maximum absolute atomic E-state index is 11.1. The summed E-state index contributed by atoms with van der Waals surface area (Å²) >= 11 is 0. The second-order valence-corrected chi connectivity index (χ2v) is 4.36. The lowest BCUT2D eigenvalue weighted by molar-refractivity contribution is 0.0689. The third-order valence-electron chi connectivity index (χ3n) is 2.94. The van der Waals surface area contributed by atoms with Crippen LogP contribution in [0.5, 0.6) is 0 Å². The summed E-state index contributed by atoms with van der Waals surface area (Å²) in [6, 6.07) is 3.84. The normalized spacial score (nSPS) is 10.6. The first-order valence-electron chi connectivity index (χ1n) is 6.19. The second-order valence-electron chi connectivity index (χ2n) is 4.36. The van der Waals surface area contributed by atoms with Crippen LogP contribution >= 0.6 is 0 Å². The maximum atomic E-state index is 11.1. The Hall–Kier alpha value is -2.24. The predicted octanol–water partition coefficient (Wildman–Crippen LogP) is 1.68. The average Bonchev–Trinajstić information content (AvgIpc) is 2.76. The largest absolute Gasteiger partial charge is 0.476 e. The summed E-state index contributed by atoms with van der Waals surface area (Å²) in [7, 11) is 0. The highest BCUT2D eigenvalue weighted by Gasteiger charge is 2.18. The molecule has 0 aliphatic carbocycles. The number of aryl methyl sites for hydroxylation is 1. The molecule has 0 aliphatic rings. The van der Waals surface area contributed by atoms with E-state index < -0.39 is 5.97 Å². The van der Waals surface area contributed by atoms with Gasteiger partial charge in [0, 0.05) is 6.20 Å². The van der Waals surface area contributed by atoms with Gasteiger partial charge in [0.2, 0.25) is 0 Å². The summed E-state index contributed by atoms with van der Waals surface area (Å²) in [6.07, 6.45) is 3.20. The van der Waals surface area contributed by atoms with Crippen molar-refractivity contribution in [1.29, 1.82) is 0 Å². The highest BCUT2D eigenvalue weighted by molar-refractivity contribution is 5.86. The molecule has 2 aromatic heterocycles. The number of carboxylic acid groups (broad SMARTS) is 1. The first kappa shape index (κ1) is 13.2. The van der Waals surface area contributed by atoms with E-state index >= 15 is 0 Å². The van der Waals surface area contributed by atoms with Crippen LogP contribution in [0, 0.1) is 6.92 Å². The van der Waals surface area contributed by atoms with Crippen molar-refractivity contribution >= 4 is 5.97 Å².